The van der Waals surface area contributed by atoms with Crippen LogP contribution < -0.4 is 15.5 Å². The molecule has 1 aromatic carbocycles. The third-order valence-electron chi connectivity index (χ3n) is 3.43. The van der Waals surface area contributed by atoms with E-state index in [2.05, 4.69) is 10.6 Å². The van der Waals surface area contributed by atoms with Crippen molar-refractivity contribution in [3.8, 4) is 0 Å². The monoisotopic (exact) mass is 305 g/mol. The van der Waals surface area contributed by atoms with Crippen molar-refractivity contribution in [3.63, 3.8) is 0 Å². The van der Waals surface area contributed by atoms with Crippen LogP contribution in [-0.4, -0.2) is 31.1 Å². The largest absolute Gasteiger partial charge is 0.360 e. The van der Waals surface area contributed by atoms with Crippen LogP contribution in [0.3, 0.4) is 0 Å². The van der Waals surface area contributed by atoms with Gasteiger partial charge in [0.2, 0.25) is 5.91 Å². The molecule has 22 heavy (non-hydrogen) atoms. The molecule has 3 amide bonds. The van der Waals surface area contributed by atoms with Crippen LogP contribution in [0.5, 0.6) is 0 Å². The molecule has 0 heterocycles. The number of carbonyl (C=O) groups is 2. The van der Waals surface area contributed by atoms with Crippen molar-refractivity contribution in [3.05, 3.63) is 29.8 Å². The predicted octanol–water partition coefficient (Wildman–Crippen LogP) is 2.84. The Morgan fingerprint density at radius 1 is 1.23 bits per heavy atom. The number of rotatable bonds is 7. The zero-order valence-electron chi connectivity index (χ0n) is 14.0. The summed E-state index contributed by atoms with van der Waals surface area (Å²) < 4.78 is 0. The molecule has 2 N–H and O–H groups in total. The summed E-state index contributed by atoms with van der Waals surface area (Å²) in [5.41, 5.74) is 2.12. The molecule has 0 radical (unpaired) electrons. The van der Waals surface area contributed by atoms with E-state index < -0.39 is 6.03 Å². The Morgan fingerprint density at radius 3 is 2.50 bits per heavy atom. The first-order valence-corrected chi connectivity index (χ1v) is 7.85. The Hall–Kier alpha value is -2.04. The number of urea groups is 1. The number of carbonyl (C=O) groups excluding carboxylic acids is 2. The van der Waals surface area contributed by atoms with Gasteiger partial charge in [-0.3, -0.25) is 10.1 Å². The van der Waals surface area contributed by atoms with Crippen LogP contribution in [-0.2, 0) is 4.79 Å². The maximum atomic E-state index is 12.1. The lowest BCUT2D eigenvalue weighted by atomic mass is 10.1. The van der Waals surface area contributed by atoms with E-state index in [9.17, 15) is 9.59 Å². The lowest BCUT2D eigenvalue weighted by Gasteiger charge is -2.29. The topological polar surface area (TPSA) is 61.4 Å². The number of unbranched alkanes of at least 4 members (excludes halogenated alkanes) is 1. The Morgan fingerprint density at radius 2 is 1.91 bits per heavy atom. The minimum absolute atomic E-state index is 0.156. The number of aryl methyl sites for hydroxylation is 1. The lowest BCUT2D eigenvalue weighted by Crippen LogP contribution is -2.46. The minimum atomic E-state index is -0.424. The van der Waals surface area contributed by atoms with Crippen molar-refractivity contribution in [2.24, 2.45) is 0 Å². The average molecular weight is 305 g/mol. The Labute approximate surface area is 133 Å². The average Bonchev–Trinajstić information content (AvgIpc) is 2.45. The molecule has 0 unspecified atom stereocenters. The van der Waals surface area contributed by atoms with Crippen LogP contribution in [0.2, 0.25) is 0 Å². The van der Waals surface area contributed by atoms with Gasteiger partial charge < -0.3 is 10.2 Å². The van der Waals surface area contributed by atoms with E-state index in [0.717, 1.165) is 24.1 Å². The Kier molecular flexibility index (Phi) is 7.43. The summed E-state index contributed by atoms with van der Waals surface area (Å²) in [4.78, 5) is 25.7. The van der Waals surface area contributed by atoms with Crippen LogP contribution in [0.1, 0.15) is 39.2 Å². The lowest BCUT2D eigenvalue weighted by molar-refractivity contribution is -0.118. The molecule has 0 bridgehead atoms. The molecule has 0 aliphatic carbocycles. The van der Waals surface area contributed by atoms with Crippen molar-refractivity contribution in [2.45, 2.75) is 46.6 Å². The number of hydrogen-bond acceptors (Lipinski definition) is 3. The first-order valence-electron chi connectivity index (χ1n) is 7.85. The number of anilines is 1. The van der Waals surface area contributed by atoms with Gasteiger partial charge >= 0.3 is 6.03 Å². The van der Waals surface area contributed by atoms with Gasteiger partial charge in [0, 0.05) is 18.3 Å². The molecule has 0 saturated heterocycles. The predicted molar refractivity (Wildman–Crippen MR) is 90.1 cm³/mol. The van der Waals surface area contributed by atoms with Crippen molar-refractivity contribution >= 4 is 17.6 Å². The molecule has 0 aliphatic heterocycles. The number of para-hydroxylation sites is 1. The van der Waals surface area contributed by atoms with E-state index >= 15 is 0 Å². The van der Waals surface area contributed by atoms with Gasteiger partial charge in [0.05, 0.1) is 6.54 Å². The maximum Gasteiger partial charge on any atom is 0.321 e. The highest BCUT2D eigenvalue weighted by Crippen LogP contribution is 2.21. The van der Waals surface area contributed by atoms with E-state index in [-0.39, 0.29) is 18.5 Å². The molecule has 0 fully saturated rings. The minimum Gasteiger partial charge on any atom is -0.360 e. The summed E-state index contributed by atoms with van der Waals surface area (Å²) in [6, 6.07) is 7.66. The van der Waals surface area contributed by atoms with Crippen molar-refractivity contribution in [1.82, 2.24) is 10.6 Å². The van der Waals surface area contributed by atoms with E-state index in [1.807, 2.05) is 56.9 Å². The van der Waals surface area contributed by atoms with Crippen LogP contribution in [0.15, 0.2) is 24.3 Å². The molecule has 122 valence electrons. The summed E-state index contributed by atoms with van der Waals surface area (Å²) in [6.45, 7) is 8.86. The highest BCUT2D eigenvalue weighted by Gasteiger charge is 2.17. The molecule has 0 aliphatic rings. The van der Waals surface area contributed by atoms with Gasteiger partial charge in [0.1, 0.15) is 0 Å². The smallest absolute Gasteiger partial charge is 0.321 e. The van der Waals surface area contributed by atoms with E-state index in [1.54, 1.807) is 0 Å². The van der Waals surface area contributed by atoms with Gasteiger partial charge in [-0.05, 0) is 38.8 Å². The molecule has 5 nitrogen and oxygen atoms in total. The van der Waals surface area contributed by atoms with Crippen LogP contribution in [0.4, 0.5) is 10.5 Å². The molecule has 1 aromatic rings. The second-order valence-corrected chi connectivity index (χ2v) is 5.67. The van der Waals surface area contributed by atoms with Gasteiger partial charge in [-0.25, -0.2) is 4.79 Å². The zero-order chi connectivity index (χ0) is 16.5. The second-order valence-electron chi connectivity index (χ2n) is 5.67. The molecule has 0 spiro atoms. The summed E-state index contributed by atoms with van der Waals surface area (Å²) >= 11 is 0. The SMILES string of the molecule is CCCCNC(=O)NC(=O)CN(c1ccccc1C)C(C)C. The number of amides is 3. The quantitative estimate of drug-likeness (QED) is 0.762. The molecule has 0 atom stereocenters. The van der Waals surface area contributed by atoms with Gasteiger partial charge in [0.25, 0.3) is 0 Å². The molecular weight excluding hydrogens is 278 g/mol. The number of benzene rings is 1. The highest BCUT2D eigenvalue weighted by molar-refractivity contribution is 5.96. The van der Waals surface area contributed by atoms with Crippen LogP contribution >= 0.6 is 0 Å². The summed E-state index contributed by atoms with van der Waals surface area (Å²) in [5, 5.41) is 5.06. The van der Waals surface area contributed by atoms with Gasteiger partial charge in [-0.15, -0.1) is 0 Å². The second kappa shape index (κ2) is 9.07. The summed E-state index contributed by atoms with van der Waals surface area (Å²) in [5.74, 6) is -0.300. The standard InChI is InChI=1S/C17H27N3O2/c1-5-6-11-18-17(22)19-16(21)12-20(13(2)3)15-10-8-7-9-14(15)4/h7-10,13H,5-6,11-12H2,1-4H3,(H2,18,19,21,22). The first kappa shape index (κ1) is 18.0. The third-order valence-corrected chi connectivity index (χ3v) is 3.43. The molecule has 0 saturated carbocycles. The number of imide groups is 1. The normalized spacial score (nSPS) is 10.4. The molecular formula is C17H27N3O2. The molecule has 1 rings (SSSR count). The summed E-state index contributed by atoms with van der Waals surface area (Å²) in [7, 11) is 0. The zero-order valence-corrected chi connectivity index (χ0v) is 14.0. The van der Waals surface area contributed by atoms with Gasteiger partial charge in [0.15, 0.2) is 0 Å². The van der Waals surface area contributed by atoms with E-state index in [4.69, 9.17) is 0 Å². The van der Waals surface area contributed by atoms with Crippen molar-refractivity contribution < 1.29 is 9.59 Å². The van der Waals surface area contributed by atoms with Crippen LogP contribution in [0, 0.1) is 6.92 Å². The van der Waals surface area contributed by atoms with Crippen molar-refractivity contribution in [2.75, 3.05) is 18.0 Å². The first-order chi connectivity index (χ1) is 10.5. The fourth-order valence-electron chi connectivity index (χ4n) is 2.18. The number of nitrogens with one attached hydrogen (secondary N) is 2. The van der Waals surface area contributed by atoms with Gasteiger partial charge in [-0.1, -0.05) is 31.5 Å². The number of nitrogens with zero attached hydrogens (tertiary/aromatic N) is 1. The summed E-state index contributed by atoms with van der Waals surface area (Å²) in [6.07, 6.45) is 1.91. The Bertz CT molecular complexity index is 500. The molecule has 5 heteroatoms. The molecule has 0 aromatic heterocycles. The van der Waals surface area contributed by atoms with Crippen molar-refractivity contribution in [1.29, 1.82) is 0 Å². The van der Waals surface area contributed by atoms with Gasteiger partial charge in [-0.2, -0.15) is 0 Å². The van der Waals surface area contributed by atoms with Crippen LogP contribution in [0.25, 0.3) is 0 Å². The van der Waals surface area contributed by atoms with E-state index in [1.165, 1.54) is 0 Å². The fourth-order valence-corrected chi connectivity index (χ4v) is 2.18. The number of hydrogen-bond donors (Lipinski definition) is 2. The Balaban J connectivity index is 2.62. The maximum absolute atomic E-state index is 12.1. The highest BCUT2D eigenvalue weighted by atomic mass is 16.2. The third kappa shape index (κ3) is 5.76. The fraction of sp³-hybridized carbons (Fsp3) is 0.529. The van der Waals surface area contributed by atoms with E-state index in [0.29, 0.717) is 6.54 Å².